The van der Waals surface area contributed by atoms with E-state index in [4.69, 9.17) is 0 Å². The van der Waals surface area contributed by atoms with Crippen LogP contribution in [0.1, 0.15) is 43.5 Å². The van der Waals surface area contributed by atoms with Gasteiger partial charge in [0.25, 0.3) is 0 Å². The number of carbonyl (C=O) groups is 2. The molecule has 1 heterocycles. The van der Waals surface area contributed by atoms with Crippen LogP contribution in [0, 0.1) is 11.7 Å². The fourth-order valence-corrected chi connectivity index (χ4v) is 3.86. The third-order valence-electron chi connectivity index (χ3n) is 5.86. The zero-order valence-electron chi connectivity index (χ0n) is 18.8. The van der Waals surface area contributed by atoms with Gasteiger partial charge in [0.1, 0.15) is 17.4 Å². The first kappa shape index (κ1) is 24.1. The van der Waals surface area contributed by atoms with Gasteiger partial charge in [0.15, 0.2) is 5.78 Å². The Balaban J connectivity index is 1.78. The highest BCUT2D eigenvalue weighted by Crippen LogP contribution is 2.40. The van der Waals surface area contributed by atoms with Crippen LogP contribution in [0.4, 0.5) is 8.78 Å². The third-order valence-corrected chi connectivity index (χ3v) is 5.86. The van der Waals surface area contributed by atoms with Crippen molar-refractivity contribution < 1.29 is 23.5 Å². The van der Waals surface area contributed by atoms with Gasteiger partial charge in [0.2, 0.25) is 5.91 Å². The number of rotatable bonds is 8. The van der Waals surface area contributed by atoms with Gasteiger partial charge >= 0.3 is 0 Å². The van der Waals surface area contributed by atoms with Crippen LogP contribution in [0.2, 0.25) is 0 Å². The maximum atomic E-state index is 13.6. The van der Waals surface area contributed by atoms with Crippen LogP contribution in [0.25, 0.3) is 0 Å². The fraction of sp³-hybridized carbons (Fsp3) is 0.259. The van der Waals surface area contributed by atoms with Gasteiger partial charge < -0.3 is 10.0 Å². The van der Waals surface area contributed by atoms with E-state index in [-0.39, 0.29) is 36.2 Å². The molecule has 1 aromatic carbocycles. The van der Waals surface area contributed by atoms with Crippen molar-refractivity contribution in [2.75, 3.05) is 6.54 Å². The first-order valence-electron chi connectivity index (χ1n) is 10.8. The van der Waals surface area contributed by atoms with E-state index in [0.29, 0.717) is 29.6 Å². The Morgan fingerprint density at radius 3 is 2.58 bits per heavy atom. The molecule has 0 saturated carbocycles. The lowest BCUT2D eigenvalue weighted by Crippen LogP contribution is -2.51. The molecular weight excluding hydrogens is 424 g/mol. The number of nitrogens with zero attached hydrogens (tertiary/aromatic N) is 1. The highest BCUT2D eigenvalue weighted by Gasteiger charge is 2.43. The molecule has 1 aliphatic carbocycles. The zero-order chi connectivity index (χ0) is 24.1. The number of Topliss-reactive ketones (excluding diaryl/α,β-unsaturated/α-hetero) is 1. The van der Waals surface area contributed by atoms with Crippen molar-refractivity contribution in [2.45, 2.75) is 33.1 Å². The summed E-state index contributed by atoms with van der Waals surface area (Å²) in [5, 5.41) is 9.67. The maximum Gasteiger partial charge on any atom is 0.236 e. The maximum absolute atomic E-state index is 13.6. The van der Waals surface area contributed by atoms with E-state index in [9.17, 15) is 23.5 Å². The summed E-state index contributed by atoms with van der Waals surface area (Å²) in [6.07, 6.45) is 8.63. The van der Waals surface area contributed by atoms with Gasteiger partial charge in [-0.1, -0.05) is 18.7 Å². The summed E-state index contributed by atoms with van der Waals surface area (Å²) in [4.78, 5) is 27.1. The lowest BCUT2D eigenvalue weighted by Gasteiger charge is -2.43. The van der Waals surface area contributed by atoms with Crippen molar-refractivity contribution >= 4 is 11.7 Å². The van der Waals surface area contributed by atoms with Crippen LogP contribution in [-0.4, -0.2) is 28.2 Å². The van der Waals surface area contributed by atoms with Gasteiger partial charge in [-0.2, -0.15) is 0 Å². The normalized spacial score (nSPS) is 21.1. The second-order valence-electron chi connectivity index (χ2n) is 8.13. The number of β-lactam (4-membered cyclic amide) rings is 1. The number of aliphatic hydroxyl groups excluding tert-OH is 1. The highest BCUT2D eigenvalue weighted by atomic mass is 19.1. The minimum Gasteiger partial charge on any atom is -0.508 e. The summed E-state index contributed by atoms with van der Waals surface area (Å²) < 4.78 is 26.7. The molecule has 0 spiro atoms. The van der Waals surface area contributed by atoms with Crippen molar-refractivity contribution in [1.82, 2.24) is 4.90 Å². The minimum absolute atomic E-state index is 0.128. The standard InChI is InChI=1S/C27H27F2NO3/c1-4-21(28)15-17(2)18(3)16-30-26(20-7-11-23(31)12-8-20)24(27(30)33)13-14-25(32)19-5-9-22(29)10-6-19/h4-7,9-12,15,24,31H,3,8,13-14,16H2,1-2H3/b17-15-,21-4+,26-20+/t24-/m1/s1. The van der Waals surface area contributed by atoms with Crippen LogP contribution in [0.5, 0.6) is 0 Å². The van der Waals surface area contributed by atoms with E-state index >= 15 is 0 Å². The van der Waals surface area contributed by atoms with Gasteiger partial charge in [-0.25, -0.2) is 8.78 Å². The fourth-order valence-electron chi connectivity index (χ4n) is 3.86. The third kappa shape index (κ3) is 5.64. The number of benzene rings is 1. The van der Waals surface area contributed by atoms with Crippen molar-refractivity contribution in [1.29, 1.82) is 0 Å². The predicted octanol–water partition coefficient (Wildman–Crippen LogP) is 6.28. The summed E-state index contributed by atoms with van der Waals surface area (Å²) in [7, 11) is 0. The number of allylic oxidation sites excluding steroid dienone is 7. The SMILES string of the molecule is C=C(CN1C(=O)[C@H](CCC(=O)c2ccc(F)cc2)/C1=C1/C=CC(O)=CC1)/C(C)=C\C(F)=C/C. The summed E-state index contributed by atoms with van der Waals surface area (Å²) in [6.45, 7) is 7.55. The molecule has 1 saturated heterocycles. The Bertz CT molecular complexity index is 1120. The number of ketones is 1. The second-order valence-corrected chi connectivity index (χ2v) is 8.13. The molecule has 172 valence electrons. The molecular formula is C27H27F2NO3. The molecule has 4 nitrogen and oxygen atoms in total. The van der Waals surface area contributed by atoms with Crippen molar-refractivity contribution in [2.24, 2.45) is 5.92 Å². The number of amides is 1. The van der Waals surface area contributed by atoms with Gasteiger partial charge in [-0.15, -0.1) is 0 Å². The van der Waals surface area contributed by atoms with Crippen molar-refractivity contribution in [3.05, 3.63) is 107 Å². The first-order chi connectivity index (χ1) is 15.7. The predicted molar refractivity (Wildman–Crippen MR) is 124 cm³/mol. The summed E-state index contributed by atoms with van der Waals surface area (Å²) in [5.74, 6) is -1.39. The van der Waals surface area contributed by atoms with Gasteiger partial charge in [-0.05, 0) is 85.9 Å². The van der Waals surface area contributed by atoms with Crippen LogP contribution in [-0.2, 0) is 4.79 Å². The van der Waals surface area contributed by atoms with Crippen molar-refractivity contribution in [3.8, 4) is 0 Å². The lowest BCUT2D eigenvalue weighted by molar-refractivity contribution is -0.141. The number of hydrogen-bond acceptors (Lipinski definition) is 3. The summed E-state index contributed by atoms with van der Waals surface area (Å²) in [6, 6.07) is 5.35. The Kier molecular flexibility index (Phi) is 7.59. The van der Waals surface area contributed by atoms with Gasteiger partial charge in [0.05, 0.1) is 12.5 Å². The summed E-state index contributed by atoms with van der Waals surface area (Å²) in [5.41, 5.74) is 3.31. The minimum atomic E-state index is -0.466. The number of carbonyl (C=O) groups excluding carboxylic acids is 2. The molecule has 0 unspecified atom stereocenters. The van der Waals surface area contributed by atoms with Gasteiger partial charge in [0, 0.05) is 17.7 Å². The molecule has 1 fully saturated rings. The van der Waals surface area contributed by atoms with Crippen LogP contribution < -0.4 is 0 Å². The smallest absolute Gasteiger partial charge is 0.236 e. The monoisotopic (exact) mass is 451 g/mol. The van der Waals surface area contributed by atoms with Crippen LogP contribution in [0.15, 0.2) is 95.2 Å². The molecule has 0 aromatic heterocycles. The molecule has 2 aliphatic rings. The van der Waals surface area contributed by atoms with Crippen LogP contribution in [0.3, 0.4) is 0 Å². The molecule has 1 atom stereocenters. The van der Waals surface area contributed by atoms with E-state index in [1.165, 1.54) is 36.4 Å². The summed E-state index contributed by atoms with van der Waals surface area (Å²) >= 11 is 0. The van der Waals surface area contributed by atoms with Crippen LogP contribution >= 0.6 is 0 Å². The Labute approximate surface area is 192 Å². The van der Waals surface area contributed by atoms with Crippen molar-refractivity contribution in [3.63, 3.8) is 0 Å². The highest BCUT2D eigenvalue weighted by molar-refractivity contribution is 5.97. The Morgan fingerprint density at radius 2 is 1.97 bits per heavy atom. The molecule has 1 aliphatic heterocycles. The van der Waals surface area contributed by atoms with E-state index in [1.807, 2.05) is 0 Å². The van der Waals surface area contributed by atoms with E-state index < -0.39 is 11.7 Å². The van der Waals surface area contributed by atoms with Gasteiger partial charge in [-0.3, -0.25) is 9.59 Å². The first-order valence-corrected chi connectivity index (χ1v) is 10.8. The topological polar surface area (TPSA) is 57.6 Å². The number of aliphatic hydroxyl groups is 1. The largest absolute Gasteiger partial charge is 0.508 e. The molecule has 0 bridgehead atoms. The molecule has 1 aromatic rings. The average molecular weight is 452 g/mol. The second kappa shape index (κ2) is 10.4. The number of hydrogen-bond donors (Lipinski definition) is 1. The molecule has 3 rings (SSSR count). The van der Waals surface area contributed by atoms with E-state index in [0.717, 1.165) is 11.3 Å². The number of halogens is 2. The molecule has 6 heteroatoms. The molecule has 0 radical (unpaired) electrons. The Morgan fingerprint density at radius 1 is 1.27 bits per heavy atom. The number of likely N-dealkylation sites (tertiary alicyclic amines) is 1. The average Bonchev–Trinajstić information content (AvgIpc) is 2.81. The van der Waals surface area contributed by atoms with E-state index in [1.54, 1.807) is 37.0 Å². The molecule has 33 heavy (non-hydrogen) atoms. The van der Waals surface area contributed by atoms with E-state index in [2.05, 4.69) is 6.58 Å². The Hall–Kier alpha value is -3.54. The quantitative estimate of drug-likeness (QED) is 0.288. The molecule has 1 N–H and O–H groups in total. The zero-order valence-corrected chi connectivity index (χ0v) is 18.8. The molecule has 1 amide bonds. The lowest BCUT2D eigenvalue weighted by atomic mass is 9.82.